The molecule has 0 unspecified atom stereocenters. The van der Waals surface area contributed by atoms with Gasteiger partial charge in [-0.2, -0.15) is 9.78 Å². The van der Waals surface area contributed by atoms with Crippen molar-refractivity contribution in [2.45, 2.75) is 13.5 Å². The maximum atomic E-state index is 13.2. The number of nitrogens with one attached hydrogen (secondary N) is 1. The third kappa shape index (κ3) is 4.04. The lowest BCUT2D eigenvalue weighted by Crippen LogP contribution is -2.24. The third-order valence-electron chi connectivity index (χ3n) is 5.37. The molecular weight excluding hydrogens is 430 g/mol. The van der Waals surface area contributed by atoms with Crippen LogP contribution in [0.1, 0.15) is 17.1 Å². The van der Waals surface area contributed by atoms with E-state index in [9.17, 15) is 9.59 Å². The first kappa shape index (κ1) is 21.1. The van der Waals surface area contributed by atoms with Gasteiger partial charge in [0, 0.05) is 5.69 Å². The van der Waals surface area contributed by atoms with Crippen LogP contribution in [0.2, 0.25) is 0 Å². The van der Waals surface area contributed by atoms with E-state index >= 15 is 0 Å². The van der Waals surface area contributed by atoms with Gasteiger partial charge in [0.15, 0.2) is 5.82 Å². The average Bonchev–Trinajstić information content (AvgIpc) is 3.16. The van der Waals surface area contributed by atoms with Crippen LogP contribution in [0.4, 0.5) is 0 Å². The predicted molar refractivity (Wildman–Crippen MR) is 131 cm³/mol. The molecule has 8 heteroatoms. The zero-order chi connectivity index (χ0) is 23.5. The molecule has 1 N–H and O–H groups in total. The number of hydrogen-bond acceptors (Lipinski definition) is 5. The van der Waals surface area contributed by atoms with Crippen molar-refractivity contribution >= 4 is 17.1 Å². The van der Waals surface area contributed by atoms with Crippen molar-refractivity contribution in [3.8, 4) is 11.4 Å². The van der Waals surface area contributed by atoms with Crippen LogP contribution in [-0.4, -0.2) is 25.7 Å². The molecule has 8 nitrogen and oxygen atoms in total. The molecule has 0 bridgehead atoms. The fourth-order valence-electron chi connectivity index (χ4n) is 3.63. The van der Waals surface area contributed by atoms with Crippen LogP contribution in [0.3, 0.4) is 0 Å². The van der Waals surface area contributed by atoms with Gasteiger partial charge in [-0.15, -0.1) is 0 Å². The Labute approximate surface area is 194 Å². The van der Waals surface area contributed by atoms with Gasteiger partial charge in [0.25, 0.3) is 11.1 Å². The average molecular weight is 451 g/mol. The Hall–Kier alpha value is -4.72. The SMILES string of the molecule is Cc1[nH]n(-c2ccccc2)c(=O)c1/C=N/n1c(COc2ccccc2)nc2ccccc2c1=O. The number of H-pyrrole nitrogens is 1. The molecular formula is C26H21N5O3. The summed E-state index contributed by atoms with van der Waals surface area (Å²) >= 11 is 0. The van der Waals surface area contributed by atoms with E-state index in [0.29, 0.717) is 39.4 Å². The smallest absolute Gasteiger partial charge is 0.282 e. The van der Waals surface area contributed by atoms with Gasteiger partial charge in [-0.25, -0.2) is 9.67 Å². The van der Waals surface area contributed by atoms with Gasteiger partial charge in [-0.3, -0.25) is 14.7 Å². The molecule has 0 radical (unpaired) electrons. The molecule has 5 aromatic rings. The number of para-hydroxylation sites is 3. The normalized spacial score (nSPS) is 11.3. The van der Waals surface area contributed by atoms with Gasteiger partial charge in [0.2, 0.25) is 0 Å². The maximum Gasteiger partial charge on any atom is 0.282 e. The summed E-state index contributed by atoms with van der Waals surface area (Å²) in [6.45, 7) is 1.81. The van der Waals surface area contributed by atoms with Gasteiger partial charge in [-0.1, -0.05) is 48.5 Å². The Morgan fingerprint density at radius 2 is 1.59 bits per heavy atom. The summed E-state index contributed by atoms with van der Waals surface area (Å²) < 4.78 is 8.46. The first-order chi connectivity index (χ1) is 16.6. The van der Waals surface area contributed by atoms with Crippen LogP contribution in [0.25, 0.3) is 16.6 Å². The van der Waals surface area contributed by atoms with Crippen molar-refractivity contribution < 1.29 is 4.74 Å². The van der Waals surface area contributed by atoms with E-state index in [1.54, 1.807) is 25.1 Å². The quantitative estimate of drug-likeness (QED) is 0.399. The van der Waals surface area contributed by atoms with Crippen LogP contribution in [-0.2, 0) is 6.61 Å². The van der Waals surface area contributed by atoms with E-state index in [2.05, 4.69) is 15.2 Å². The number of aryl methyl sites for hydroxylation is 1. The Morgan fingerprint density at radius 1 is 0.912 bits per heavy atom. The molecule has 5 rings (SSSR count). The highest BCUT2D eigenvalue weighted by molar-refractivity contribution is 5.81. The summed E-state index contributed by atoms with van der Waals surface area (Å²) in [5.74, 6) is 0.966. The molecule has 0 spiro atoms. The molecule has 0 saturated carbocycles. The Balaban J connectivity index is 1.57. The summed E-state index contributed by atoms with van der Waals surface area (Å²) in [6, 6.07) is 25.6. The number of nitrogens with zero attached hydrogens (tertiary/aromatic N) is 4. The van der Waals surface area contributed by atoms with E-state index in [1.165, 1.54) is 15.6 Å². The molecule has 34 heavy (non-hydrogen) atoms. The lowest BCUT2D eigenvalue weighted by molar-refractivity contribution is 0.289. The number of aromatic amines is 1. The summed E-state index contributed by atoms with van der Waals surface area (Å²) in [6.07, 6.45) is 1.39. The van der Waals surface area contributed by atoms with Crippen molar-refractivity contribution in [1.29, 1.82) is 0 Å². The molecule has 0 aliphatic rings. The van der Waals surface area contributed by atoms with Crippen molar-refractivity contribution in [3.63, 3.8) is 0 Å². The zero-order valence-electron chi connectivity index (χ0n) is 18.4. The van der Waals surface area contributed by atoms with Crippen LogP contribution in [0.5, 0.6) is 5.75 Å². The van der Waals surface area contributed by atoms with Crippen LogP contribution < -0.4 is 15.9 Å². The second kappa shape index (κ2) is 9.03. The Bertz CT molecular complexity index is 1600. The zero-order valence-corrected chi connectivity index (χ0v) is 18.4. The summed E-state index contributed by atoms with van der Waals surface area (Å²) in [5.41, 5.74) is 1.62. The maximum absolute atomic E-state index is 13.2. The van der Waals surface area contributed by atoms with Crippen LogP contribution in [0.15, 0.2) is 99.6 Å². The van der Waals surface area contributed by atoms with E-state index in [-0.39, 0.29) is 17.7 Å². The van der Waals surface area contributed by atoms with Crippen LogP contribution >= 0.6 is 0 Å². The molecule has 0 fully saturated rings. The van der Waals surface area contributed by atoms with Gasteiger partial charge in [0.05, 0.1) is 28.4 Å². The molecule has 0 atom stereocenters. The van der Waals surface area contributed by atoms with Crippen molar-refractivity contribution in [3.05, 3.63) is 123 Å². The minimum absolute atomic E-state index is 0.0296. The molecule has 168 valence electrons. The third-order valence-corrected chi connectivity index (χ3v) is 5.37. The largest absolute Gasteiger partial charge is 0.486 e. The molecule has 2 heterocycles. The van der Waals surface area contributed by atoms with E-state index < -0.39 is 0 Å². The van der Waals surface area contributed by atoms with Crippen LogP contribution in [0, 0.1) is 6.92 Å². The van der Waals surface area contributed by atoms with Gasteiger partial charge in [-0.05, 0) is 43.3 Å². The number of aromatic nitrogens is 4. The first-order valence-electron chi connectivity index (χ1n) is 10.7. The number of fused-ring (bicyclic) bond motifs is 1. The monoisotopic (exact) mass is 451 g/mol. The summed E-state index contributed by atoms with van der Waals surface area (Å²) in [7, 11) is 0. The lowest BCUT2D eigenvalue weighted by atomic mass is 10.2. The molecule has 0 aliphatic carbocycles. The number of benzene rings is 3. The van der Waals surface area contributed by atoms with Crippen molar-refractivity contribution in [2.75, 3.05) is 0 Å². The lowest BCUT2D eigenvalue weighted by Gasteiger charge is -2.10. The van der Waals surface area contributed by atoms with Gasteiger partial charge >= 0.3 is 0 Å². The molecule has 0 saturated heterocycles. The molecule has 0 aliphatic heterocycles. The Kier molecular flexibility index (Phi) is 5.61. The molecule has 2 aromatic heterocycles. The van der Waals surface area contributed by atoms with E-state index in [1.807, 2.05) is 66.7 Å². The number of hydrogen-bond donors (Lipinski definition) is 1. The van der Waals surface area contributed by atoms with Crippen molar-refractivity contribution in [2.24, 2.45) is 5.10 Å². The standard InChI is InChI=1S/C26H21N5O3/c1-18-22(26(33)30(29-18)19-10-4-2-5-11-19)16-27-31-24(17-34-20-12-6-3-7-13-20)28-23-15-9-8-14-21(23)25(31)32/h2-16,29H,17H2,1H3/b27-16+. The highest BCUT2D eigenvalue weighted by Gasteiger charge is 2.14. The highest BCUT2D eigenvalue weighted by Crippen LogP contribution is 2.13. The first-order valence-corrected chi connectivity index (χ1v) is 10.7. The number of ether oxygens (including phenoxy) is 1. The minimum atomic E-state index is -0.343. The second-order valence-corrected chi connectivity index (χ2v) is 7.64. The summed E-state index contributed by atoms with van der Waals surface area (Å²) in [4.78, 5) is 30.9. The number of rotatable bonds is 6. The van der Waals surface area contributed by atoms with Gasteiger partial charge < -0.3 is 4.74 Å². The molecule has 0 amide bonds. The fraction of sp³-hybridized carbons (Fsp3) is 0.0769. The minimum Gasteiger partial charge on any atom is -0.486 e. The van der Waals surface area contributed by atoms with E-state index in [0.717, 1.165) is 0 Å². The highest BCUT2D eigenvalue weighted by atomic mass is 16.5. The molecule has 3 aromatic carbocycles. The van der Waals surface area contributed by atoms with E-state index in [4.69, 9.17) is 4.74 Å². The summed E-state index contributed by atoms with van der Waals surface area (Å²) in [5, 5.41) is 7.85. The predicted octanol–water partition coefficient (Wildman–Crippen LogP) is 3.65. The fourth-order valence-corrected chi connectivity index (χ4v) is 3.63. The van der Waals surface area contributed by atoms with Gasteiger partial charge in [0.1, 0.15) is 12.4 Å². The van der Waals surface area contributed by atoms with Crippen molar-refractivity contribution in [1.82, 2.24) is 19.4 Å². The topological polar surface area (TPSA) is 94.3 Å². The Morgan fingerprint density at radius 3 is 2.35 bits per heavy atom. The second-order valence-electron chi connectivity index (χ2n) is 7.64.